The lowest BCUT2D eigenvalue weighted by Crippen LogP contribution is -1.65. The van der Waals surface area contributed by atoms with Crippen molar-refractivity contribution in [3.05, 3.63) is 23.2 Å². The second kappa shape index (κ2) is 5.10. The van der Waals surface area contributed by atoms with Gasteiger partial charge >= 0.3 is 0 Å². The van der Waals surface area contributed by atoms with Crippen LogP contribution >= 0.6 is 15.9 Å². The molecule has 0 aliphatic heterocycles. The molecule has 1 heteroatoms. The molecule has 0 bridgehead atoms. The molecule has 0 atom stereocenters. The maximum atomic E-state index is 3.71. The Balaban J connectivity index is 3.05. The fourth-order valence-corrected chi connectivity index (χ4v) is 0.636. The molecule has 0 aliphatic rings. The van der Waals surface area contributed by atoms with Crippen LogP contribution in [0.25, 0.3) is 0 Å². The average Bonchev–Trinajstić information content (AvgIpc) is 1.66. The van der Waals surface area contributed by atoms with Gasteiger partial charge in [0.25, 0.3) is 0 Å². The Morgan fingerprint density at radius 3 is 2.75 bits per heavy atom. The van der Waals surface area contributed by atoms with E-state index in [1.807, 2.05) is 6.92 Å². The molecular formula is C7H11Br. The van der Waals surface area contributed by atoms with E-state index in [2.05, 4.69) is 34.7 Å². The van der Waals surface area contributed by atoms with Crippen molar-refractivity contribution in [2.75, 3.05) is 0 Å². The molecule has 0 aliphatic carbocycles. The smallest absolute Gasteiger partial charge is 0.0118 e. The summed E-state index contributed by atoms with van der Waals surface area (Å²) in [4.78, 5) is 0. The van der Waals surface area contributed by atoms with E-state index in [0.717, 1.165) is 17.3 Å². The molecular weight excluding hydrogens is 164 g/mol. The van der Waals surface area contributed by atoms with Crippen LogP contribution in [0.15, 0.2) is 23.2 Å². The lowest BCUT2D eigenvalue weighted by Gasteiger charge is -1.87. The standard InChI is InChI=1S/C7H11Br/c1-3-4-5-6-7(2)8/h3-4H,2,5-6H2,1H3. The van der Waals surface area contributed by atoms with Crippen molar-refractivity contribution in [1.82, 2.24) is 0 Å². The first kappa shape index (κ1) is 7.96. The topological polar surface area (TPSA) is 0 Å². The normalized spacial score (nSPS) is 10.2. The Morgan fingerprint density at radius 1 is 1.75 bits per heavy atom. The molecule has 0 rings (SSSR count). The molecule has 46 valence electrons. The highest BCUT2D eigenvalue weighted by atomic mass is 79.9. The van der Waals surface area contributed by atoms with E-state index in [-0.39, 0.29) is 0 Å². The predicted molar refractivity (Wildman–Crippen MR) is 42.1 cm³/mol. The first-order valence-corrected chi connectivity index (χ1v) is 3.51. The van der Waals surface area contributed by atoms with Crippen LogP contribution in [-0.2, 0) is 0 Å². The number of hydrogen-bond donors (Lipinski definition) is 0. The summed E-state index contributed by atoms with van der Waals surface area (Å²) >= 11 is 3.28. The van der Waals surface area contributed by atoms with Crippen molar-refractivity contribution in [2.24, 2.45) is 0 Å². The summed E-state index contributed by atoms with van der Waals surface area (Å²) in [7, 11) is 0. The van der Waals surface area contributed by atoms with E-state index in [0.29, 0.717) is 0 Å². The van der Waals surface area contributed by atoms with Gasteiger partial charge in [-0.25, -0.2) is 0 Å². The number of hydrogen-bond acceptors (Lipinski definition) is 0. The molecule has 0 heterocycles. The van der Waals surface area contributed by atoms with Crippen molar-refractivity contribution >= 4 is 15.9 Å². The SMILES string of the molecule is C=C(Br)CCC=CC. The quantitative estimate of drug-likeness (QED) is 0.577. The highest BCUT2D eigenvalue weighted by Gasteiger charge is 1.81. The Labute approximate surface area is 59.4 Å². The van der Waals surface area contributed by atoms with Gasteiger partial charge in [-0.1, -0.05) is 34.7 Å². The second-order valence-corrected chi connectivity index (χ2v) is 2.75. The monoisotopic (exact) mass is 174 g/mol. The maximum absolute atomic E-state index is 3.71. The second-order valence-electron chi connectivity index (χ2n) is 1.62. The van der Waals surface area contributed by atoms with Crippen LogP contribution in [0.1, 0.15) is 19.8 Å². The fraction of sp³-hybridized carbons (Fsp3) is 0.429. The zero-order valence-corrected chi connectivity index (χ0v) is 6.74. The van der Waals surface area contributed by atoms with E-state index >= 15 is 0 Å². The lowest BCUT2D eigenvalue weighted by molar-refractivity contribution is 1.04. The Kier molecular flexibility index (Phi) is 5.08. The van der Waals surface area contributed by atoms with E-state index in [9.17, 15) is 0 Å². The zero-order valence-electron chi connectivity index (χ0n) is 5.15. The minimum atomic E-state index is 1.05. The van der Waals surface area contributed by atoms with Gasteiger partial charge in [0.05, 0.1) is 0 Å². The molecule has 0 aromatic rings. The predicted octanol–water partition coefficient (Wildman–Crippen LogP) is 3.25. The van der Waals surface area contributed by atoms with Crippen molar-refractivity contribution < 1.29 is 0 Å². The molecule has 0 spiro atoms. The third-order valence-corrected chi connectivity index (χ3v) is 1.21. The maximum Gasteiger partial charge on any atom is -0.0118 e. The van der Waals surface area contributed by atoms with Crippen molar-refractivity contribution in [2.45, 2.75) is 19.8 Å². The zero-order chi connectivity index (χ0) is 6.41. The summed E-state index contributed by atoms with van der Waals surface area (Å²) in [6.07, 6.45) is 6.33. The highest BCUT2D eigenvalue weighted by Crippen LogP contribution is 2.08. The summed E-state index contributed by atoms with van der Waals surface area (Å²) in [6, 6.07) is 0. The third-order valence-electron chi connectivity index (χ3n) is 0.818. The summed E-state index contributed by atoms with van der Waals surface area (Å²) in [5, 5.41) is 0. The third kappa shape index (κ3) is 5.96. The number of halogens is 1. The number of allylic oxidation sites excluding steroid dienone is 3. The molecule has 0 unspecified atom stereocenters. The summed E-state index contributed by atoms with van der Waals surface area (Å²) in [5.74, 6) is 0. The molecule has 0 aromatic heterocycles. The Hall–Kier alpha value is -0.0400. The average molecular weight is 175 g/mol. The largest absolute Gasteiger partial charge is 0.0917 e. The molecule has 0 nitrogen and oxygen atoms in total. The molecule has 0 N–H and O–H groups in total. The van der Waals surface area contributed by atoms with E-state index in [1.54, 1.807) is 0 Å². The molecule has 0 amide bonds. The fourth-order valence-electron chi connectivity index (χ4n) is 0.407. The van der Waals surface area contributed by atoms with E-state index in [4.69, 9.17) is 0 Å². The minimum absolute atomic E-state index is 1.05. The summed E-state index contributed by atoms with van der Waals surface area (Å²) in [6.45, 7) is 5.73. The van der Waals surface area contributed by atoms with E-state index in [1.165, 1.54) is 0 Å². The summed E-state index contributed by atoms with van der Waals surface area (Å²) in [5.41, 5.74) is 0. The first-order chi connectivity index (χ1) is 3.77. The van der Waals surface area contributed by atoms with Crippen LogP contribution in [0.5, 0.6) is 0 Å². The van der Waals surface area contributed by atoms with Gasteiger partial charge in [0.2, 0.25) is 0 Å². The van der Waals surface area contributed by atoms with Crippen LogP contribution < -0.4 is 0 Å². The molecule has 8 heavy (non-hydrogen) atoms. The van der Waals surface area contributed by atoms with Gasteiger partial charge in [0, 0.05) is 0 Å². The van der Waals surface area contributed by atoms with Crippen molar-refractivity contribution in [1.29, 1.82) is 0 Å². The molecule has 0 radical (unpaired) electrons. The van der Waals surface area contributed by atoms with Crippen LogP contribution in [0.3, 0.4) is 0 Å². The van der Waals surface area contributed by atoms with Crippen LogP contribution in [0.2, 0.25) is 0 Å². The van der Waals surface area contributed by atoms with Gasteiger partial charge in [0.1, 0.15) is 0 Å². The molecule has 0 aromatic carbocycles. The molecule has 0 saturated carbocycles. The lowest BCUT2D eigenvalue weighted by atomic mass is 10.3. The van der Waals surface area contributed by atoms with Gasteiger partial charge in [0.15, 0.2) is 0 Å². The van der Waals surface area contributed by atoms with Crippen LogP contribution in [0.4, 0.5) is 0 Å². The first-order valence-electron chi connectivity index (χ1n) is 2.72. The van der Waals surface area contributed by atoms with E-state index < -0.39 is 0 Å². The number of rotatable bonds is 3. The van der Waals surface area contributed by atoms with Gasteiger partial charge in [-0.15, -0.1) is 0 Å². The minimum Gasteiger partial charge on any atom is -0.0917 e. The van der Waals surface area contributed by atoms with Gasteiger partial charge < -0.3 is 0 Å². The Bertz CT molecular complexity index is 92.6. The van der Waals surface area contributed by atoms with Gasteiger partial charge in [-0.2, -0.15) is 0 Å². The van der Waals surface area contributed by atoms with Gasteiger partial charge in [-0.05, 0) is 24.2 Å². The van der Waals surface area contributed by atoms with Gasteiger partial charge in [-0.3, -0.25) is 0 Å². The molecule has 0 fully saturated rings. The van der Waals surface area contributed by atoms with Crippen molar-refractivity contribution in [3.63, 3.8) is 0 Å². The van der Waals surface area contributed by atoms with Crippen LogP contribution in [0, 0.1) is 0 Å². The highest BCUT2D eigenvalue weighted by molar-refractivity contribution is 9.11. The Morgan fingerprint density at radius 2 is 2.38 bits per heavy atom. The molecule has 0 saturated heterocycles. The van der Waals surface area contributed by atoms with Crippen molar-refractivity contribution in [3.8, 4) is 0 Å². The van der Waals surface area contributed by atoms with Crippen LogP contribution in [-0.4, -0.2) is 0 Å². The summed E-state index contributed by atoms with van der Waals surface area (Å²) < 4.78 is 1.08.